The minimum Gasteiger partial charge on any atom is -0.294 e. The number of alkyl halides is 3. The van der Waals surface area contributed by atoms with Crippen molar-refractivity contribution in [3.8, 4) is 17.2 Å². The molecule has 0 aliphatic carbocycles. The van der Waals surface area contributed by atoms with Crippen LogP contribution >= 0.6 is 58.4 Å². The molecule has 1 aromatic heterocycles. The summed E-state index contributed by atoms with van der Waals surface area (Å²) in [4.78, 5) is 0. The number of benzene rings is 1. The first kappa shape index (κ1) is 14.9. The Morgan fingerprint density at radius 1 is 1.21 bits per heavy atom. The maximum Gasteiger partial charge on any atom is 0.256 e. The second-order valence-electron chi connectivity index (χ2n) is 3.60. The number of nitriles is 1. The van der Waals surface area contributed by atoms with Crippen LogP contribution in [0.4, 0.5) is 0 Å². The third kappa shape index (κ3) is 3.98. The van der Waals surface area contributed by atoms with Crippen LogP contribution in [0, 0.1) is 11.3 Å². The van der Waals surface area contributed by atoms with E-state index in [1.807, 2.05) is 12.1 Å². The van der Waals surface area contributed by atoms with E-state index in [9.17, 15) is 0 Å². The van der Waals surface area contributed by atoms with Gasteiger partial charge in [0, 0.05) is 34.9 Å². The summed E-state index contributed by atoms with van der Waals surface area (Å²) in [5.41, 5.74) is 2.07. The van der Waals surface area contributed by atoms with Gasteiger partial charge in [-0.2, -0.15) is 5.26 Å². The van der Waals surface area contributed by atoms with Gasteiger partial charge in [-0.15, -0.1) is 0 Å². The minimum atomic E-state index is -1.49. The SMILES string of the molecule is N#Cc1cn(SC(Cl)(Cl)Cl)cc1-c1cccc(Cl)c1. The predicted molar refractivity (Wildman–Crippen MR) is 82.9 cm³/mol. The summed E-state index contributed by atoms with van der Waals surface area (Å²) in [7, 11) is 0. The molecule has 0 saturated carbocycles. The smallest absolute Gasteiger partial charge is 0.256 e. The molecule has 2 aromatic rings. The average molecular weight is 352 g/mol. The van der Waals surface area contributed by atoms with Gasteiger partial charge in [-0.25, -0.2) is 0 Å². The van der Waals surface area contributed by atoms with Crippen LogP contribution in [0.15, 0.2) is 36.7 Å². The highest BCUT2D eigenvalue weighted by Crippen LogP contribution is 2.41. The van der Waals surface area contributed by atoms with Crippen molar-refractivity contribution in [3.05, 3.63) is 47.2 Å². The molecule has 2 nitrogen and oxygen atoms in total. The average Bonchev–Trinajstić information content (AvgIpc) is 2.69. The van der Waals surface area contributed by atoms with Gasteiger partial charge in [0.25, 0.3) is 3.12 Å². The van der Waals surface area contributed by atoms with Crippen molar-refractivity contribution in [1.82, 2.24) is 3.97 Å². The summed E-state index contributed by atoms with van der Waals surface area (Å²) in [6.07, 6.45) is 3.35. The largest absolute Gasteiger partial charge is 0.294 e. The van der Waals surface area contributed by atoms with Crippen molar-refractivity contribution in [2.24, 2.45) is 0 Å². The summed E-state index contributed by atoms with van der Waals surface area (Å²) >= 11 is 24.1. The van der Waals surface area contributed by atoms with Crippen molar-refractivity contribution >= 4 is 58.4 Å². The van der Waals surface area contributed by atoms with Gasteiger partial charge in [-0.05, 0) is 17.7 Å². The molecular weight excluding hydrogens is 346 g/mol. The van der Waals surface area contributed by atoms with Crippen molar-refractivity contribution < 1.29 is 0 Å². The highest BCUT2D eigenvalue weighted by atomic mass is 35.6. The van der Waals surface area contributed by atoms with Crippen LogP contribution < -0.4 is 0 Å². The number of aromatic nitrogens is 1. The number of rotatable bonds is 2. The molecule has 0 aliphatic heterocycles. The lowest BCUT2D eigenvalue weighted by Crippen LogP contribution is -1.97. The fourth-order valence-corrected chi connectivity index (χ4v) is 3.04. The lowest BCUT2D eigenvalue weighted by atomic mass is 10.1. The molecule has 1 aromatic carbocycles. The Balaban J connectivity index is 2.44. The Kier molecular flexibility index (Phi) is 4.60. The fraction of sp³-hybridized carbons (Fsp3) is 0.0833. The van der Waals surface area contributed by atoms with E-state index in [1.165, 1.54) is 0 Å². The second kappa shape index (κ2) is 5.87. The number of halogens is 4. The van der Waals surface area contributed by atoms with Crippen LogP contribution in [-0.2, 0) is 0 Å². The molecule has 0 radical (unpaired) electrons. The zero-order valence-electron chi connectivity index (χ0n) is 9.28. The molecule has 7 heteroatoms. The van der Waals surface area contributed by atoms with E-state index >= 15 is 0 Å². The highest BCUT2D eigenvalue weighted by molar-refractivity contribution is 8.03. The zero-order chi connectivity index (χ0) is 14.0. The molecule has 0 unspecified atom stereocenters. The summed E-state index contributed by atoms with van der Waals surface area (Å²) in [6, 6.07) is 9.35. The van der Waals surface area contributed by atoms with Crippen LogP contribution in [0.2, 0.25) is 5.02 Å². The Morgan fingerprint density at radius 3 is 2.53 bits per heavy atom. The molecule has 0 amide bonds. The lowest BCUT2D eigenvalue weighted by Gasteiger charge is -2.09. The first-order valence-electron chi connectivity index (χ1n) is 5.03. The molecule has 0 spiro atoms. The Labute approximate surface area is 135 Å². The topological polar surface area (TPSA) is 28.7 Å². The molecule has 19 heavy (non-hydrogen) atoms. The number of hydrogen-bond donors (Lipinski definition) is 0. The van der Waals surface area contributed by atoms with Crippen LogP contribution in [0.5, 0.6) is 0 Å². The van der Waals surface area contributed by atoms with Crippen molar-refractivity contribution in [1.29, 1.82) is 5.26 Å². The van der Waals surface area contributed by atoms with Gasteiger partial charge in [0.05, 0.1) is 5.56 Å². The van der Waals surface area contributed by atoms with Crippen molar-refractivity contribution in [2.75, 3.05) is 0 Å². The minimum absolute atomic E-state index is 0.490. The lowest BCUT2D eigenvalue weighted by molar-refractivity contribution is 1.27. The van der Waals surface area contributed by atoms with Crippen LogP contribution in [0.3, 0.4) is 0 Å². The van der Waals surface area contributed by atoms with E-state index in [2.05, 4.69) is 6.07 Å². The number of hydrogen-bond acceptors (Lipinski definition) is 2. The predicted octanol–water partition coefficient (Wildman–Crippen LogP) is 5.50. The molecule has 0 atom stereocenters. The Hall–Kier alpha value is -0.500. The van der Waals surface area contributed by atoms with E-state index < -0.39 is 3.12 Å². The van der Waals surface area contributed by atoms with Gasteiger partial charge in [0.15, 0.2) is 0 Å². The Morgan fingerprint density at radius 2 is 1.95 bits per heavy atom. The monoisotopic (exact) mass is 350 g/mol. The maximum atomic E-state index is 9.16. The fourth-order valence-electron chi connectivity index (χ4n) is 1.58. The summed E-state index contributed by atoms with van der Waals surface area (Å²) < 4.78 is 0.110. The second-order valence-corrected chi connectivity index (χ2v) is 8.21. The zero-order valence-corrected chi connectivity index (χ0v) is 13.1. The third-order valence-corrected chi connectivity index (χ3v) is 3.75. The number of nitrogens with zero attached hydrogens (tertiary/aromatic N) is 2. The van der Waals surface area contributed by atoms with Gasteiger partial charge in [0.1, 0.15) is 6.07 Å². The van der Waals surface area contributed by atoms with Crippen LogP contribution in [-0.4, -0.2) is 7.10 Å². The van der Waals surface area contributed by atoms with E-state index in [-0.39, 0.29) is 0 Å². The Bertz CT molecular complexity index is 640. The molecule has 1 heterocycles. The molecule has 0 N–H and O–H groups in total. The van der Waals surface area contributed by atoms with E-state index in [0.29, 0.717) is 10.6 Å². The maximum absolute atomic E-state index is 9.16. The van der Waals surface area contributed by atoms with Gasteiger partial charge in [-0.3, -0.25) is 3.97 Å². The quantitative estimate of drug-likeness (QED) is 0.668. The van der Waals surface area contributed by atoms with Crippen molar-refractivity contribution in [2.45, 2.75) is 3.12 Å². The van der Waals surface area contributed by atoms with Gasteiger partial charge in [0.2, 0.25) is 0 Å². The van der Waals surface area contributed by atoms with Gasteiger partial charge in [-0.1, -0.05) is 58.5 Å². The summed E-state index contributed by atoms with van der Waals surface area (Å²) in [6.45, 7) is 0. The normalized spacial score (nSPS) is 11.3. The highest BCUT2D eigenvalue weighted by Gasteiger charge is 2.23. The van der Waals surface area contributed by atoms with Crippen LogP contribution in [0.1, 0.15) is 5.56 Å². The molecule has 0 aliphatic rings. The summed E-state index contributed by atoms with van der Waals surface area (Å²) in [5, 5.41) is 9.76. The first-order chi connectivity index (χ1) is 8.89. The molecule has 0 fully saturated rings. The molecule has 0 bridgehead atoms. The van der Waals surface area contributed by atoms with E-state index in [4.69, 9.17) is 51.7 Å². The molecule has 98 valence electrons. The third-order valence-electron chi connectivity index (χ3n) is 2.27. The van der Waals surface area contributed by atoms with E-state index in [1.54, 1.807) is 28.5 Å². The summed E-state index contributed by atoms with van der Waals surface area (Å²) in [5.74, 6) is 0. The molecular formula is C12H6Cl4N2S. The molecule has 0 saturated heterocycles. The first-order valence-corrected chi connectivity index (χ1v) is 7.32. The van der Waals surface area contributed by atoms with E-state index in [0.717, 1.165) is 23.1 Å². The van der Waals surface area contributed by atoms with Gasteiger partial charge >= 0.3 is 0 Å². The van der Waals surface area contributed by atoms with Crippen LogP contribution in [0.25, 0.3) is 11.1 Å². The van der Waals surface area contributed by atoms with Crippen molar-refractivity contribution in [3.63, 3.8) is 0 Å². The molecule has 2 rings (SSSR count). The standard InChI is InChI=1S/C12H6Cl4N2S/c13-10-3-1-2-8(4-10)11-7-18(6-9(11)5-17)19-12(14,15)16/h1-4,6-7H. The van der Waals surface area contributed by atoms with Gasteiger partial charge < -0.3 is 0 Å².